The van der Waals surface area contributed by atoms with E-state index in [1.807, 2.05) is 6.07 Å². The molecule has 2 saturated carbocycles. The van der Waals surface area contributed by atoms with Crippen molar-refractivity contribution in [2.75, 3.05) is 30.4 Å². The maximum absolute atomic E-state index is 16.0. The number of pyridine rings is 2. The van der Waals surface area contributed by atoms with E-state index in [0.717, 1.165) is 44.9 Å². The molecule has 17 nitrogen and oxygen atoms in total. The lowest BCUT2D eigenvalue weighted by atomic mass is 9.53. The van der Waals surface area contributed by atoms with E-state index in [1.165, 1.54) is 30.6 Å². The second-order valence-electron chi connectivity index (χ2n) is 24.7. The van der Waals surface area contributed by atoms with Crippen LogP contribution in [0.1, 0.15) is 161 Å². The number of hydrogen-bond acceptors (Lipinski definition) is 13. The maximum atomic E-state index is 16.0. The first-order valence-electron chi connectivity index (χ1n) is 28.6. The zero-order chi connectivity index (χ0) is 61.8. The number of carbonyl (C=O) groups excluding carboxylic acids is 7. The molecular formula is C64H80Cl4F2N8O9. The molecule has 0 radical (unpaired) electrons. The van der Waals surface area contributed by atoms with Crippen molar-refractivity contribution in [3.05, 3.63) is 115 Å². The fourth-order valence-corrected chi connectivity index (χ4v) is 13.5. The molecule has 5 fully saturated rings. The topological polar surface area (TPSA) is 278 Å². The van der Waals surface area contributed by atoms with Crippen LogP contribution in [0.25, 0.3) is 11.6 Å². The number of amides is 4. The van der Waals surface area contributed by atoms with Gasteiger partial charge >= 0.3 is 0 Å². The molecule has 5 aliphatic heterocycles. The number of nitrogens with zero attached hydrogens (tertiary/aromatic N) is 2. The van der Waals surface area contributed by atoms with Crippen molar-refractivity contribution in [1.82, 2.24) is 15.3 Å². The number of ether oxygens (including phenoxy) is 2. The van der Waals surface area contributed by atoms with Crippen LogP contribution in [0.5, 0.6) is 0 Å². The molecule has 7 atom stereocenters. The number of anilines is 2. The van der Waals surface area contributed by atoms with Crippen molar-refractivity contribution in [2.24, 2.45) is 39.9 Å². The smallest absolute Gasteiger partial charge is 0.256 e. The van der Waals surface area contributed by atoms with Gasteiger partial charge in [0.1, 0.15) is 29.2 Å². The van der Waals surface area contributed by atoms with Gasteiger partial charge in [-0.25, -0.2) is 18.7 Å². The molecule has 0 unspecified atom stereocenters. The Balaban J connectivity index is 0.000000221. The minimum atomic E-state index is -1.31. The molecule has 9 N–H and O–H groups in total. The van der Waals surface area contributed by atoms with Gasteiger partial charge < -0.3 is 37.3 Å². The van der Waals surface area contributed by atoms with Gasteiger partial charge in [-0.05, 0) is 140 Å². The number of fused-ring (bicyclic) bond motifs is 4. The summed E-state index contributed by atoms with van der Waals surface area (Å²) < 4.78 is 40.7. The third-order valence-corrected chi connectivity index (χ3v) is 18.7. The van der Waals surface area contributed by atoms with Gasteiger partial charge in [-0.15, -0.1) is 0 Å². The molecule has 23 heteroatoms. The average molecular weight is 1290 g/mol. The normalized spacial score (nSPS) is 25.7. The number of benzene rings is 2. The van der Waals surface area contributed by atoms with Crippen LogP contribution in [0.2, 0.25) is 20.4 Å². The highest BCUT2D eigenvalue weighted by atomic mass is 35.5. The molecule has 11 rings (SSSR count). The molecular weight excluding hydrogens is 1200 g/mol. The summed E-state index contributed by atoms with van der Waals surface area (Å²) in [4.78, 5) is 92.5. The van der Waals surface area contributed by atoms with Crippen LogP contribution < -0.4 is 33.2 Å². The minimum Gasteiger partial charge on any atom is -0.368 e. The second kappa shape index (κ2) is 29.2. The molecule has 472 valence electrons. The van der Waals surface area contributed by atoms with Crippen LogP contribution in [-0.4, -0.2) is 94.5 Å². The Kier molecular flexibility index (Phi) is 23.6. The Labute approximate surface area is 527 Å². The van der Waals surface area contributed by atoms with E-state index < -0.39 is 58.6 Å². The van der Waals surface area contributed by atoms with E-state index in [2.05, 4.69) is 53.6 Å². The van der Waals surface area contributed by atoms with Crippen LogP contribution >= 0.6 is 46.4 Å². The Hall–Kier alpha value is -5.77. The van der Waals surface area contributed by atoms with Gasteiger partial charge in [0.2, 0.25) is 17.7 Å². The lowest BCUT2D eigenvalue weighted by Crippen LogP contribution is -2.61. The Morgan fingerprint density at radius 2 is 1.23 bits per heavy atom. The average Bonchev–Trinajstić information content (AvgIpc) is 1.52. The number of Topliss-reactive ketones (excluding diaryl/α,β-unsaturated/α-hetero) is 3. The first-order valence-corrected chi connectivity index (χ1v) is 30.1. The Morgan fingerprint density at radius 1 is 0.690 bits per heavy atom. The number of rotatable bonds is 10. The van der Waals surface area contributed by atoms with Gasteiger partial charge in [0.15, 0.2) is 27.7 Å². The summed E-state index contributed by atoms with van der Waals surface area (Å²) in [5.41, 5.74) is 17.3. The Morgan fingerprint density at radius 3 is 1.78 bits per heavy atom. The van der Waals surface area contributed by atoms with E-state index in [-0.39, 0.29) is 96.5 Å². The summed E-state index contributed by atoms with van der Waals surface area (Å²) in [7, 11) is 0. The standard InChI is InChI=1S/C31H35Cl2FN4O4.C14H7Cl2FN2O.C9H16N2O3.C8H14O.2CH4/c1-29(2)8-10-30(11-9-29)31(19-5-4-17(32)14-20(19)37-28(31)41)23(18-7-12-36-26(33)24(18)34)25(38-30)21(39)13-16-3-6-22(27(35)40)42-15-16;15-8-1-2-9-10(14(20)19-11(9)6-8)5-7-3-4-18-13(16)12(7)17;10-4-7(12)3-6-1-2-8(9(11)13)14-5-6;1-8(2)5-3-7(9)4-6-8;;/h4-5,7,12,14,16,22-23,25,38H,3,6,8-11,13,15H2,1-2H3,(H2,35,40)(H,37,41);1-6H,(H,19,20);6,8H,1-5,10H2,(H2,11,13);3-6H2,1-2H3;2*1H4/t16-,22-,23-,25-,31+;;6-,8-;;;/m0.0.../s1. The van der Waals surface area contributed by atoms with E-state index >= 15 is 4.39 Å². The van der Waals surface area contributed by atoms with E-state index in [9.17, 15) is 38.0 Å². The van der Waals surface area contributed by atoms with Crippen LogP contribution in [-0.2, 0) is 48.5 Å². The van der Waals surface area contributed by atoms with Crippen LogP contribution in [0, 0.1) is 34.3 Å². The largest absolute Gasteiger partial charge is 0.368 e. The van der Waals surface area contributed by atoms with E-state index in [1.54, 1.807) is 30.3 Å². The predicted molar refractivity (Wildman–Crippen MR) is 335 cm³/mol. The highest BCUT2D eigenvalue weighted by Gasteiger charge is 2.73. The van der Waals surface area contributed by atoms with E-state index in [0.29, 0.717) is 94.5 Å². The zero-order valence-corrected chi connectivity index (χ0v) is 50.9. The summed E-state index contributed by atoms with van der Waals surface area (Å²) >= 11 is 24.1. The number of ketones is 3. The lowest BCUT2D eigenvalue weighted by molar-refractivity contribution is -0.136. The molecule has 2 aromatic heterocycles. The highest BCUT2D eigenvalue weighted by Crippen LogP contribution is 2.64. The fourth-order valence-electron chi connectivity index (χ4n) is 12.8. The van der Waals surface area contributed by atoms with Crippen molar-refractivity contribution < 1.29 is 51.8 Å². The van der Waals surface area contributed by atoms with Crippen LogP contribution in [0.3, 0.4) is 0 Å². The zero-order valence-electron chi connectivity index (χ0n) is 47.9. The summed E-state index contributed by atoms with van der Waals surface area (Å²) in [6.07, 6.45) is 12.8. The van der Waals surface area contributed by atoms with Crippen molar-refractivity contribution in [3.63, 3.8) is 0 Å². The van der Waals surface area contributed by atoms with Gasteiger partial charge in [-0.1, -0.05) is 101 Å². The molecule has 4 amide bonds. The fraction of sp³-hybridized carbons (Fsp3) is 0.516. The van der Waals surface area contributed by atoms with Gasteiger partial charge in [0, 0.05) is 82.0 Å². The molecule has 2 spiro atoms. The number of aromatic nitrogens is 2. The molecule has 3 saturated heterocycles. The first kappa shape index (κ1) is 70.3. The minimum absolute atomic E-state index is 0. The molecule has 7 aliphatic rings. The molecule has 0 bridgehead atoms. The van der Waals surface area contributed by atoms with Gasteiger partial charge in [0.25, 0.3) is 5.91 Å². The van der Waals surface area contributed by atoms with Crippen molar-refractivity contribution in [3.8, 4) is 0 Å². The van der Waals surface area contributed by atoms with Crippen molar-refractivity contribution in [1.29, 1.82) is 0 Å². The molecule has 7 heterocycles. The number of primary amides is 2. The Bertz CT molecular complexity index is 3260. The number of halogens is 6. The van der Waals surface area contributed by atoms with Crippen molar-refractivity contribution in [2.45, 2.75) is 168 Å². The molecule has 2 aliphatic carbocycles. The molecule has 87 heavy (non-hydrogen) atoms. The highest BCUT2D eigenvalue weighted by molar-refractivity contribution is 6.37. The second-order valence-corrected chi connectivity index (χ2v) is 26.3. The summed E-state index contributed by atoms with van der Waals surface area (Å²) in [6.45, 7) is 9.61. The third-order valence-electron chi connectivity index (χ3n) is 17.7. The summed E-state index contributed by atoms with van der Waals surface area (Å²) in [6, 6.07) is 12.4. The van der Waals surface area contributed by atoms with Gasteiger partial charge in [-0.2, -0.15) is 0 Å². The summed E-state index contributed by atoms with van der Waals surface area (Å²) in [5.74, 6) is -3.43. The predicted octanol–water partition coefficient (Wildman–Crippen LogP) is 11.7. The quantitative estimate of drug-likeness (QED) is 0.0637. The van der Waals surface area contributed by atoms with Gasteiger partial charge in [-0.3, -0.25) is 38.9 Å². The first-order chi connectivity index (χ1) is 40.2. The number of nitrogens with two attached hydrogens (primary N) is 3. The molecule has 2 aromatic carbocycles. The number of nitrogens with one attached hydrogen (secondary N) is 3. The number of hydrogen-bond donors (Lipinski definition) is 6. The number of carbonyl (C=O) groups is 7. The lowest BCUT2D eigenvalue weighted by Gasteiger charge is -2.50. The SMILES string of the molecule is C.C.CC1(C)CCC(=O)CC1.CC1(C)CCC2(CC1)N[C@@H](C(=O)C[C@@H]1CC[C@@H](C(N)=O)OC1)[C@H](c1ccnc(Cl)c1F)[C@]21C(=O)Nc2cc(Cl)ccc21.NCC(=O)C[C@@H]1CC[C@@H](C(N)=O)OC1.O=C1Nc2cc(Cl)ccc2C1=Cc1ccnc(Cl)c1F. The van der Waals surface area contributed by atoms with Gasteiger partial charge in [0.05, 0.1) is 31.5 Å². The van der Waals surface area contributed by atoms with E-state index in [4.69, 9.17) is 73.1 Å². The third kappa shape index (κ3) is 15.8. The summed E-state index contributed by atoms with van der Waals surface area (Å²) in [5, 5.41) is 9.85. The van der Waals surface area contributed by atoms with Crippen LogP contribution in [0.4, 0.5) is 20.2 Å². The van der Waals surface area contributed by atoms with Crippen molar-refractivity contribution >= 4 is 110 Å². The maximum Gasteiger partial charge on any atom is 0.256 e. The monoisotopic (exact) mass is 1280 g/mol. The van der Waals surface area contributed by atoms with Crippen LogP contribution in [0.15, 0.2) is 60.9 Å². The molecule has 4 aromatic rings.